The standard InChI is InChI=1S/C9H16N2O2/c10-8(12)4-9(11)3-7(13-5-9)6-1-2-6/h6-7H,1-5,11H2,(H2,10,12). The van der Waals surface area contributed by atoms with E-state index in [0.717, 1.165) is 6.42 Å². The van der Waals surface area contributed by atoms with Gasteiger partial charge in [-0.05, 0) is 25.2 Å². The first-order valence-electron chi connectivity index (χ1n) is 4.78. The molecule has 0 bridgehead atoms. The van der Waals surface area contributed by atoms with Crippen molar-refractivity contribution in [1.29, 1.82) is 0 Å². The molecule has 1 amide bonds. The molecule has 1 aliphatic carbocycles. The van der Waals surface area contributed by atoms with E-state index in [1.165, 1.54) is 12.8 Å². The predicted octanol–water partition coefficient (Wildman–Crippen LogP) is -0.242. The van der Waals surface area contributed by atoms with Crippen molar-refractivity contribution < 1.29 is 9.53 Å². The van der Waals surface area contributed by atoms with Crippen molar-refractivity contribution in [3.63, 3.8) is 0 Å². The normalized spacial score (nSPS) is 39.3. The minimum absolute atomic E-state index is 0.246. The van der Waals surface area contributed by atoms with Crippen molar-refractivity contribution in [3.05, 3.63) is 0 Å². The summed E-state index contributed by atoms with van der Waals surface area (Å²) < 4.78 is 5.56. The lowest BCUT2D eigenvalue weighted by atomic mass is 9.92. The Balaban J connectivity index is 1.90. The number of carbonyl (C=O) groups excluding carboxylic acids is 1. The van der Waals surface area contributed by atoms with Crippen LogP contribution in [0.15, 0.2) is 0 Å². The Labute approximate surface area is 77.6 Å². The molecule has 4 N–H and O–H groups in total. The van der Waals surface area contributed by atoms with Gasteiger partial charge in [-0.1, -0.05) is 0 Å². The third-order valence-corrected chi connectivity index (χ3v) is 2.87. The summed E-state index contributed by atoms with van der Waals surface area (Å²) in [5, 5.41) is 0. The van der Waals surface area contributed by atoms with E-state index in [1.807, 2.05) is 0 Å². The van der Waals surface area contributed by atoms with Crippen molar-refractivity contribution in [2.45, 2.75) is 37.3 Å². The molecule has 13 heavy (non-hydrogen) atoms. The number of hydrogen-bond donors (Lipinski definition) is 2. The highest BCUT2D eigenvalue weighted by Crippen LogP contribution is 2.41. The second kappa shape index (κ2) is 2.96. The number of rotatable bonds is 3. The Bertz CT molecular complexity index is 228. The van der Waals surface area contributed by atoms with Crippen molar-refractivity contribution in [3.8, 4) is 0 Å². The molecule has 0 radical (unpaired) electrons. The number of nitrogens with two attached hydrogens (primary N) is 2. The van der Waals surface area contributed by atoms with Gasteiger partial charge < -0.3 is 16.2 Å². The van der Waals surface area contributed by atoms with Crippen molar-refractivity contribution in [2.75, 3.05) is 6.61 Å². The summed E-state index contributed by atoms with van der Waals surface area (Å²) >= 11 is 0. The molecule has 4 nitrogen and oxygen atoms in total. The zero-order chi connectivity index (χ0) is 9.47. The molecular formula is C9H16N2O2. The van der Waals surface area contributed by atoms with E-state index in [2.05, 4.69) is 0 Å². The highest BCUT2D eigenvalue weighted by Gasteiger charge is 2.44. The SMILES string of the molecule is NC(=O)CC1(N)COC(C2CC2)C1. The third kappa shape index (κ3) is 2.00. The molecule has 2 fully saturated rings. The van der Waals surface area contributed by atoms with Crippen LogP contribution in [0.4, 0.5) is 0 Å². The monoisotopic (exact) mass is 184 g/mol. The highest BCUT2D eigenvalue weighted by atomic mass is 16.5. The molecule has 4 heteroatoms. The molecule has 1 heterocycles. The first kappa shape index (κ1) is 8.97. The summed E-state index contributed by atoms with van der Waals surface area (Å²) in [5.41, 5.74) is 10.6. The lowest BCUT2D eigenvalue weighted by Gasteiger charge is -2.19. The van der Waals surface area contributed by atoms with E-state index in [1.54, 1.807) is 0 Å². The van der Waals surface area contributed by atoms with Crippen LogP contribution >= 0.6 is 0 Å². The number of carbonyl (C=O) groups is 1. The molecular weight excluding hydrogens is 168 g/mol. The van der Waals surface area contributed by atoms with Crippen molar-refractivity contribution in [2.24, 2.45) is 17.4 Å². The lowest BCUT2D eigenvalue weighted by Crippen LogP contribution is -2.44. The Morgan fingerprint density at radius 1 is 1.54 bits per heavy atom. The van der Waals surface area contributed by atoms with Crippen LogP contribution in [0.25, 0.3) is 0 Å². The smallest absolute Gasteiger partial charge is 0.219 e. The summed E-state index contributed by atoms with van der Waals surface area (Å²) in [6.45, 7) is 0.483. The Hall–Kier alpha value is -0.610. The van der Waals surface area contributed by atoms with Crippen LogP contribution in [0.2, 0.25) is 0 Å². The maximum Gasteiger partial charge on any atom is 0.219 e. The number of hydrogen-bond acceptors (Lipinski definition) is 3. The Kier molecular flexibility index (Phi) is 2.04. The molecule has 0 aromatic heterocycles. The predicted molar refractivity (Wildman–Crippen MR) is 47.8 cm³/mol. The van der Waals surface area contributed by atoms with E-state index in [-0.39, 0.29) is 18.4 Å². The van der Waals surface area contributed by atoms with Crippen LogP contribution in [0, 0.1) is 5.92 Å². The molecule has 1 aliphatic heterocycles. The minimum atomic E-state index is -0.487. The van der Waals surface area contributed by atoms with Gasteiger partial charge in [-0.2, -0.15) is 0 Å². The molecule has 2 atom stereocenters. The van der Waals surface area contributed by atoms with Crippen LogP contribution in [-0.4, -0.2) is 24.2 Å². The Morgan fingerprint density at radius 2 is 2.23 bits per heavy atom. The van der Waals surface area contributed by atoms with Crippen LogP contribution in [0.5, 0.6) is 0 Å². The third-order valence-electron chi connectivity index (χ3n) is 2.87. The molecule has 2 unspecified atom stereocenters. The molecule has 1 saturated heterocycles. The Morgan fingerprint density at radius 3 is 2.77 bits per heavy atom. The second-order valence-corrected chi connectivity index (χ2v) is 4.40. The van der Waals surface area contributed by atoms with Gasteiger partial charge in [0.2, 0.25) is 5.91 Å². The maximum absolute atomic E-state index is 10.7. The second-order valence-electron chi connectivity index (χ2n) is 4.40. The number of primary amides is 1. The zero-order valence-corrected chi connectivity index (χ0v) is 7.66. The first-order valence-corrected chi connectivity index (χ1v) is 4.78. The average Bonchev–Trinajstić information content (AvgIpc) is 2.75. The zero-order valence-electron chi connectivity index (χ0n) is 7.66. The van der Waals surface area contributed by atoms with Crippen LogP contribution in [0.3, 0.4) is 0 Å². The summed E-state index contributed by atoms with van der Waals surface area (Å²) in [5.74, 6) is 0.362. The van der Waals surface area contributed by atoms with Gasteiger partial charge in [0.15, 0.2) is 0 Å². The average molecular weight is 184 g/mol. The van der Waals surface area contributed by atoms with Gasteiger partial charge in [0.05, 0.1) is 18.2 Å². The number of amides is 1. The van der Waals surface area contributed by atoms with Crippen LogP contribution in [0.1, 0.15) is 25.7 Å². The van der Waals surface area contributed by atoms with Gasteiger partial charge in [-0.25, -0.2) is 0 Å². The van der Waals surface area contributed by atoms with Gasteiger partial charge in [0.1, 0.15) is 0 Å². The van der Waals surface area contributed by atoms with E-state index in [0.29, 0.717) is 12.5 Å². The van der Waals surface area contributed by atoms with Gasteiger partial charge >= 0.3 is 0 Å². The molecule has 2 aliphatic rings. The van der Waals surface area contributed by atoms with Crippen LogP contribution < -0.4 is 11.5 Å². The number of ether oxygens (including phenoxy) is 1. The van der Waals surface area contributed by atoms with E-state index < -0.39 is 5.54 Å². The molecule has 1 saturated carbocycles. The summed E-state index contributed by atoms with van der Waals surface area (Å²) in [6.07, 6.45) is 3.82. The molecule has 0 aromatic carbocycles. The first-order chi connectivity index (χ1) is 6.09. The van der Waals surface area contributed by atoms with E-state index in [9.17, 15) is 4.79 Å². The van der Waals surface area contributed by atoms with Gasteiger partial charge in [0.25, 0.3) is 0 Å². The topological polar surface area (TPSA) is 78.3 Å². The molecule has 0 aromatic rings. The fourth-order valence-corrected chi connectivity index (χ4v) is 2.03. The fraction of sp³-hybridized carbons (Fsp3) is 0.889. The highest BCUT2D eigenvalue weighted by molar-refractivity contribution is 5.75. The molecule has 2 rings (SSSR count). The van der Waals surface area contributed by atoms with E-state index >= 15 is 0 Å². The molecule has 74 valence electrons. The summed E-state index contributed by atoms with van der Waals surface area (Å²) in [6, 6.07) is 0. The minimum Gasteiger partial charge on any atom is -0.376 e. The summed E-state index contributed by atoms with van der Waals surface area (Å²) in [7, 11) is 0. The molecule has 0 spiro atoms. The van der Waals surface area contributed by atoms with Crippen molar-refractivity contribution >= 4 is 5.91 Å². The lowest BCUT2D eigenvalue weighted by molar-refractivity contribution is -0.119. The van der Waals surface area contributed by atoms with Crippen LogP contribution in [-0.2, 0) is 9.53 Å². The van der Waals surface area contributed by atoms with Gasteiger partial charge in [-0.15, -0.1) is 0 Å². The van der Waals surface area contributed by atoms with E-state index in [4.69, 9.17) is 16.2 Å². The maximum atomic E-state index is 10.7. The summed E-state index contributed by atoms with van der Waals surface area (Å²) in [4.78, 5) is 10.7. The largest absolute Gasteiger partial charge is 0.376 e. The fourth-order valence-electron chi connectivity index (χ4n) is 2.03. The van der Waals surface area contributed by atoms with Gasteiger partial charge in [-0.3, -0.25) is 4.79 Å². The quantitative estimate of drug-likeness (QED) is 0.635. The van der Waals surface area contributed by atoms with Crippen molar-refractivity contribution in [1.82, 2.24) is 0 Å². The van der Waals surface area contributed by atoms with Gasteiger partial charge in [0, 0.05) is 6.42 Å².